The lowest BCUT2D eigenvalue weighted by atomic mass is 10.1. The van der Waals surface area contributed by atoms with E-state index in [2.05, 4.69) is 15.3 Å². The van der Waals surface area contributed by atoms with Crippen molar-refractivity contribution >= 4 is 16.7 Å². The van der Waals surface area contributed by atoms with Gasteiger partial charge in [0.2, 0.25) is 0 Å². The van der Waals surface area contributed by atoms with Crippen LogP contribution in [0.4, 0.5) is 8.78 Å². The predicted octanol–water partition coefficient (Wildman–Crippen LogP) is 3.68. The van der Waals surface area contributed by atoms with Gasteiger partial charge in [0.05, 0.1) is 16.9 Å². The summed E-state index contributed by atoms with van der Waals surface area (Å²) in [5.74, 6) is -2.02. The molecule has 5 aromatic rings. The fraction of sp³-hybridized carbons (Fsp3) is 0.0476. The number of halogens is 2. The molecule has 0 radical (unpaired) electrons. The third-order valence-corrected chi connectivity index (χ3v) is 4.80. The summed E-state index contributed by atoms with van der Waals surface area (Å²) in [6, 6.07) is 14.6. The van der Waals surface area contributed by atoms with Crippen LogP contribution in [-0.2, 0) is 0 Å². The van der Waals surface area contributed by atoms with Crippen molar-refractivity contribution in [3.63, 3.8) is 0 Å². The first kappa shape index (κ1) is 17.2. The fourth-order valence-electron chi connectivity index (χ4n) is 3.43. The second kappa shape index (κ2) is 6.30. The second-order valence-electron chi connectivity index (χ2n) is 6.58. The molecular weight excluding hydrogens is 376 g/mol. The van der Waals surface area contributed by atoms with E-state index in [1.807, 2.05) is 37.3 Å². The van der Waals surface area contributed by atoms with Gasteiger partial charge in [-0.15, -0.1) is 10.2 Å². The number of hydrogen-bond donors (Lipinski definition) is 0. The van der Waals surface area contributed by atoms with Crippen molar-refractivity contribution in [1.29, 1.82) is 0 Å². The number of nitrogens with zero attached hydrogens (tertiary/aromatic N) is 5. The second-order valence-corrected chi connectivity index (χ2v) is 6.58. The average molecular weight is 389 g/mol. The van der Waals surface area contributed by atoms with Crippen LogP contribution in [-0.4, -0.2) is 24.4 Å². The highest BCUT2D eigenvalue weighted by Crippen LogP contribution is 2.27. The number of pyridine rings is 1. The molecule has 142 valence electrons. The Bertz CT molecular complexity index is 1460. The first-order valence-electron chi connectivity index (χ1n) is 8.83. The van der Waals surface area contributed by atoms with E-state index < -0.39 is 17.2 Å². The molecule has 3 aromatic heterocycles. The number of aromatic nitrogens is 5. The Balaban J connectivity index is 1.76. The van der Waals surface area contributed by atoms with Gasteiger partial charge in [-0.2, -0.15) is 5.10 Å². The Labute approximate surface area is 162 Å². The van der Waals surface area contributed by atoms with Gasteiger partial charge in [-0.05, 0) is 30.7 Å². The maximum atomic E-state index is 13.6. The third kappa shape index (κ3) is 2.60. The minimum absolute atomic E-state index is 0.0758. The van der Waals surface area contributed by atoms with Crippen LogP contribution < -0.4 is 5.56 Å². The predicted molar refractivity (Wildman–Crippen MR) is 104 cm³/mol. The van der Waals surface area contributed by atoms with E-state index in [9.17, 15) is 13.6 Å². The number of aryl methyl sites for hydroxylation is 1. The van der Waals surface area contributed by atoms with Gasteiger partial charge in [0.25, 0.3) is 5.56 Å². The summed E-state index contributed by atoms with van der Waals surface area (Å²) in [7, 11) is 0. The van der Waals surface area contributed by atoms with Gasteiger partial charge in [0, 0.05) is 12.3 Å². The Morgan fingerprint density at radius 3 is 2.48 bits per heavy atom. The van der Waals surface area contributed by atoms with Crippen LogP contribution in [0.3, 0.4) is 0 Å². The van der Waals surface area contributed by atoms with E-state index in [0.717, 1.165) is 29.0 Å². The lowest BCUT2D eigenvalue weighted by Crippen LogP contribution is -2.20. The van der Waals surface area contributed by atoms with Crippen LogP contribution in [0.2, 0.25) is 0 Å². The molecule has 8 heteroatoms. The van der Waals surface area contributed by atoms with E-state index in [0.29, 0.717) is 11.2 Å². The summed E-state index contributed by atoms with van der Waals surface area (Å²) in [6.07, 6.45) is 1.48. The number of hydrogen-bond acceptors (Lipinski definition) is 4. The molecule has 29 heavy (non-hydrogen) atoms. The Morgan fingerprint density at radius 2 is 1.72 bits per heavy atom. The van der Waals surface area contributed by atoms with E-state index >= 15 is 0 Å². The molecule has 5 rings (SSSR count). The molecule has 0 bridgehead atoms. The molecule has 3 heterocycles. The molecular formula is C21H13F2N5O. The molecule has 0 aliphatic rings. The monoisotopic (exact) mass is 389 g/mol. The van der Waals surface area contributed by atoms with Crippen LogP contribution in [0.1, 0.15) is 5.69 Å². The first-order chi connectivity index (χ1) is 14.0. The number of benzene rings is 2. The molecule has 0 N–H and O–H groups in total. The Morgan fingerprint density at radius 1 is 0.931 bits per heavy atom. The van der Waals surface area contributed by atoms with Crippen LogP contribution in [0.15, 0.2) is 65.6 Å². The van der Waals surface area contributed by atoms with Crippen LogP contribution >= 0.6 is 0 Å². The molecule has 0 saturated heterocycles. The molecule has 0 aliphatic carbocycles. The number of rotatable bonds is 2. The van der Waals surface area contributed by atoms with Gasteiger partial charge in [-0.3, -0.25) is 9.36 Å². The lowest BCUT2D eigenvalue weighted by molar-refractivity contribution is 0.508. The standard InChI is InChI=1S/C21H13F2N5O/c1-12-18(13-5-3-2-4-6-13)20-25-24-19-17(28(20)26-12)9-10-27(21(19)29)14-7-8-15(22)16(23)11-14/h2-11H,1H3. The fourth-order valence-corrected chi connectivity index (χ4v) is 3.43. The zero-order valence-corrected chi connectivity index (χ0v) is 15.2. The van der Waals surface area contributed by atoms with Crippen LogP contribution in [0.25, 0.3) is 33.5 Å². The first-order valence-corrected chi connectivity index (χ1v) is 8.83. The summed E-state index contributed by atoms with van der Waals surface area (Å²) < 4.78 is 29.6. The van der Waals surface area contributed by atoms with E-state index in [4.69, 9.17) is 0 Å². The molecule has 0 fully saturated rings. The van der Waals surface area contributed by atoms with Crippen molar-refractivity contribution in [2.45, 2.75) is 6.92 Å². The van der Waals surface area contributed by atoms with E-state index in [1.165, 1.54) is 16.8 Å². The average Bonchev–Trinajstić information content (AvgIpc) is 3.07. The highest BCUT2D eigenvalue weighted by atomic mass is 19.2. The van der Waals surface area contributed by atoms with Crippen molar-refractivity contribution in [3.05, 3.63) is 88.5 Å². The van der Waals surface area contributed by atoms with Gasteiger partial charge in [-0.1, -0.05) is 30.3 Å². The zero-order chi connectivity index (χ0) is 20.1. The maximum absolute atomic E-state index is 13.6. The lowest BCUT2D eigenvalue weighted by Gasteiger charge is -2.08. The SMILES string of the molecule is Cc1nn2c(nnc3c(=O)n(-c4ccc(F)c(F)c4)ccc32)c1-c1ccccc1. The van der Waals surface area contributed by atoms with Crippen molar-refractivity contribution in [2.75, 3.05) is 0 Å². The van der Waals surface area contributed by atoms with Gasteiger partial charge in [0.1, 0.15) is 5.52 Å². The van der Waals surface area contributed by atoms with Gasteiger partial charge in [-0.25, -0.2) is 13.3 Å². The summed E-state index contributed by atoms with van der Waals surface area (Å²) in [4.78, 5) is 12.9. The number of fused-ring (bicyclic) bond motifs is 3. The highest BCUT2D eigenvalue weighted by molar-refractivity contribution is 5.84. The van der Waals surface area contributed by atoms with Gasteiger partial charge >= 0.3 is 0 Å². The molecule has 0 unspecified atom stereocenters. The third-order valence-electron chi connectivity index (χ3n) is 4.80. The smallest absolute Gasteiger partial charge is 0.282 e. The molecule has 0 aliphatic heterocycles. The van der Waals surface area contributed by atoms with Crippen LogP contribution in [0.5, 0.6) is 0 Å². The van der Waals surface area contributed by atoms with Crippen molar-refractivity contribution < 1.29 is 8.78 Å². The quantitative estimate of drug-likeness (QED) is 0.462. The maximum Gasteiger partial charge on any atom is 0.285 e. The summed E-state index contributed by atoms with van der Waals surface area (Å²) in [5.41, 5.74) is 3.31. The summed E-state index contributed by atoms with van der Waals surface area (Å²) >= 11 is 0. The van der Waals surface area contributed by atoms with E-state index in [1.54, 1.807) is 10.6 Å². The molecule has 0 amide bonds. The molecule has 0 spiro atoms. The summed E-state index contributed by atoms with van der Waals surface area (Å²) in [5, 5.41) is 12.9. The minimum atomic E-state index is -1.04. The van der Waals surface area contributed by atoms with Crippen LogP contribution in [0, 0.1) is 18.6 Å². The normalized spacial score (nSPS) is 11.4. The summed E-state index contributed by atoms with van der Waals surface area (Å²) in [6.45, 7) is 1.87. The molecule has 0 saturated carbocycles. The Kier molecular flexibility index (Phi) is 3.73. The van der Waals surface area contributed by atoms with Gasteiger partial charge < -0.3 is 0 Å². The molecule has 0 atom stereocenters. The van der Waals surface area contributed by atoms with Gasteiger partial charge in [0.15, 0.2) is 22.8 Å². The zero-order valence-electron chi connectivity index (χ0n) is 15.2. The molecule has 2 aromatic carbocycles. The topological polar surface area (TPSA) is 65.1 Å². The highest BCUT2D eigenvalue weighted by Gasteiger charge is 2.17. The van der Waals surface area contributed by atoms with Crippen molar-refractivity contribution in [2.24, 2.45) is 0 Å². The Hall–Kier alpha value is -3.94. The van der Waals surface area contributed by atoms with E-state index in [-0.39, 0.29) is 11.2 Å². The molecule has 6 nitrogen and oxygen atoms in total. The minimum Gasteiger partial charge on any atom is -0.282 e. The largest absolute Gasteiger partial charge is 0.285 e. The van der Waals surface area contributed by atoms with Crippen molar-refractivity contribution in [1.82, 2.24) is 24.4 Å². The van der Waals surface area contributed by atoms with Crippen molar-refractivity contribution in [3.8, 4) is 16.8 Å².